The van der Waals surface area contributed by atoms with Crippen molar-refractivity contribution in [3.05, 3.63) is 34.9 Å². The maximum Gasteiger partial charge on any atom is 0.0719 e. The summed E-state index contributed by atoms with van der Waals surface area (Å²) in [5.74, 6) is -0.0110. The van der Waals surface area contributed by atoms with E-state index in [1.165, 1.54) is 11.1 Å². The fourth-order valence-corrected chi connectivity index (χ4v) is 1.73. The molecule has 0 fully saturated rings. The summed E-state index contributed by atoms with van der Waals surface area (Å²) in [7, 11) is 0. The van der Waals surface area contributed by atoms with Crippen LogP contribution >= 0.6 is 0 Å². The average molecular weight is 187 g/mol. The number of nitriles is 1. The second-order valence-corrected chi connectivity index (χ2v) is 3.68. The molecule has 0 saturated carbocycles. The molecule has 1 aliphatic rings. The van der Waals surface area contributed by atoms with Gasteiger partial charge < -0.3 is 4.74 Å². The third kappa shape index (κ3) is 1.64. The van der Waals surface area contributed by atoms with E-state index in [0.717, 1.165) is 25.2 Å². The van der Waals surface area contributed by atoms with Crippen molar-refractivity contribution in [2.24, 2.45) is 0 Å². The van der Waals surface area contributed by atoms with Crippen LogP contribution in [0.3, 0.4) is 0 Å². The minimum Gasteiger partial charge on any atom is -0.376 e. The van der Waals surface area contributed by atoms with E-state index in [0.29, 0.717) is 0 Å². The van der Waals surface area contributed by atoms with E-state index in [4.69, 9.17) is 10.00 Å². The fourth-order valence-electron chi connectivity index (χ4n) is 1.73. The standard InChI is InChI=1S/C12H13NO/c1-9(7-13)10-2-3-12-8-14-5-4-11(12)6-10/h2-3,6,9H,4-5,8H2,1H3. The summed E-state index contributed by atoms with van der Waals surface area (Å²) in [4.78, 5) is 0. The Morgan fingerprint density at radius 1 is 1.43 bits per heavy atom. The molecule has 1 aliphatic heterocycles. The Kier molecular flexibility index (Phi) is 2.51. The molecule has 72 valence electrons. The molecule has 0 N–H and O–H groups in total. The first-order valence-corrected chi connectivity index (χ1v) is 4.90. The largest absolute Gasteiger partial charge is 0.376 e. The van der Waals surface area contributed by atoms with Gasteiger partial charge >= 0.3 is 0 Å². The quantitative estimate of drug-likeness (QED) is 0.676. The Morgan fingerprint density at radius 3 is 3.07 bits per heavy atom. The molecular weight excluding hydrogens is 174 g/mol. The van der Waals surface area contributed by atoms with Crippen molar-refractivity contribution >= 4 is 0 Å². The van der Waals surface area contributed by atoms with E-state index < -0.39 is 0 Å². The molecule has 0 aromatic heterocycles. The van der Waals surface area contributed by atoms with Crippen LogP contribution in [-0.2, 0) is 17.8 Å². The molecule has 0 spiro atoms. The number of rotatable bonds is 1. The fraction of sp³-hybridized carbons (Fsp3) is 0.417. The summed E-state index contributed by atoms with van der Waals surface area (Å²) in [6.07, 6.45) is 0.974. The van der Waals surface area contributed by atoms with E-state index in [1.54, 1.807) is 0 Å². The number of ether oxygens (including phenoxy) is 1. The van der Waals surface area contributed by atoms with Crippen LogP contribution in [0.4, 0.5) is 0 Å². The molecule has 0 bridgehead atoms. The molecule has 2 nitrogen and oxygen atoms in total. The highest BCUT2D eigenvalue weighted by atomic mass is 16.5. The van der Waals surface area contributed by atoms with Crippen molar-refractivity contribution < 1.29 is 4.74 Å². The van der Waals surface area contributed by atoms with Gasteiger partial charge in [-0.05, 0) is 30.0 Å². The number of hydrogen-bond acceptors (Lipinski definition) is 2. The molecule has 1 aromatic carbocycles. The second-order valence-electron chi connectivity index (χ2n) is 3.68. The molecule has 2 heteroatoms. The van der Waals surface area contributed by atoms with Gasteiger partial charge in [-0.25, -0.2) is 0 Å². The predicted octanol–water partition coefficient (Wildman–Crippen LogP) is 2.39. The number of hydrogen-bond donors (Lipinski definition) is 0. The maximum atomic E-state index is 8.82. The number of nitrogens with zero attached hydrogens (tertiary/aromatic N) is 1. The lowest BCUT2D eigenvalue weighted by atomic mass is 9.95. The van der Waals surface area contributed by atoms with Gasteiger partial charge in [0.1, 0.15) is 0 Å². The van der Waals surface area contributed by atoms with Gasteiger partial charge in [0.05, 0.1) is 25.2 Å². The molecular formula is C12H13NO. The molecule has 1 atom stereocenters. The zero-order valence-corrected chi connectivity index (χ0v) is 8.29. The SMILES string of the molecule is CC(C#N)c1ccc2c(c1)CCOC2. The lowest BCUT2D eigenvalue weighted by Crippen LogP contribution is -2.10. The van der Waals surface area contributed by atoms with E-state index in [2.05, 4.69) is 18.2 Å². The van der Waals surface area contributed by atoms with Crippen LogP contribution in [0.15, 0.2) is 18.2 Å². The highest BCUT2D eigenvalue weighted by Gasteiger charge is 2.11. The van der Waals surface area contributed by atoms with Crippen molar-refractivity contribution in [2.75, 3.05) is 6.61 Å². The zero-order valence-electron chi connectivity index (χ0n) is 8.29. The van der Waals surface area contributed by atoms with E-state index in [1.807, 2.05) is 13.0 Å². The van der Waals surface area contributed by atoms with Gasteiger partial charge in [-0.2, -0.15) is 5.26 Å². The monoisotopic (exact) mass is 187 g/mol. The van der Waals surface area contributed by atoms with Gasteiger partial charge in [-0.15, -0.1) is 0 Å². The molecule has 14 heavy (non-hydrogen) atoms. The molecule has 1 aromatic rings. The maximum absolute atomic E-state index is 8.82. The van der Waals surface area contributed by atoms with Gasteiger partial charge in [-0.1, -0.05) is 18.2 Å². The minimum atomic E-state index is -0.0110. The highest BCUT2D eigenvalue weighted by molar-refractivity contribution is 5.36. The van der Waals surface area contributed by atoms with E-state index in [9.17, 15) is 0 Å². The molecule has 0 saturated heterocycles. The molecule has 0 amide bonds. The van der Waals surface area contributed by atoms with Gasteiger partial charge in [0.25, 0.3) is 0 Å². The molecule has 1 unspecified atom stereocenters. The van der Waals surface area contributed by atoms with Crippen LogP contribution < -0.4 is 0 Å². The van der Waals surface area contributed by atoms with Crippen LogP contribution in [0.25, 0.3) is 0 Å². The topological polar surface area (TPSA) is 33.0 Å². The predicted molar refractivity (Wildman–Crippen MR) is 53.8 cm³/mol. The summed E-state index contributed by atoms with van der Waals surface area (Å²) < 4.78 is 5.36. The van der Waals surface area contributed by atoms with Crippen molar-refractivity contribution in [3.8, 4) is 6.07 Å². The van der Waals surface area contributed by atoms with Crippen molar-refractivity contribution in [1.82, 2.24) is 0 Å². The summed E-state index contributed by atoms with van der Waals surface area (Å²) in [5, 5.41) is 8.82. The molecule has 2 rings (SSSR count). The second kappa shape index (κ2) is 3.81. The minimum absolute atomic E-state index is 0.0110. The first-order valence-electron chi connectivity index (χ1n) is 4.90. The van der Waals surface area contributed by atoms with Crippen molar-refractivity contribution in [2.45, 2.75) is 25.9 Å². The van der Waals surface area contributed by atoms with Crippen LogP contribution in [-0.4, -0.2) is 6.61 Å². The first kappa shape index (κ1) is 9.23. The van der Waals surface area contributed by atoms with Crippen LogP contribution in [0.2, 0.25) is 0 Å². The van der Waals surface area contributed by atoms with Gasteiger partial charge in [0.2, 0.25) is 0 Å². The Labute approximate surface area is 84.1 Å². The Bertz CT molecular complexity index is 378. The third-order valence-corrected chi connectivity index (χ3v) is 2.70. The highest BCUT2D eigenvalue weighted by Crippen LogP contribution is 2.22. The van der Waals surface area contributed by atoms with Crippen LogP contribution in [0.5, 0.6) is 0 Å². The summed E-state index contributed by atoms with van der Waals surface area (Å²) in [5.41, 5.74) is 3.73. The smallest absolute Gasteiger partial charge is 0.0719 e. The Hall–Kier alpha value is -1.33. The van der Waals surface area contributed by atoms with Gasteiger partial charge in [0.15, 0.2) is 0 Å². The normalized spacial score (nSPS) is 16.9. The summed E-state index contributed by atoms with van der Waals surface area (Å²) in [6, 6.07) is 8.51. The lowest BCUT2D eigenvalue weighted by Gasteiger charge is -2.17. The lowest BCUT2D eigenvalue weighted by molar-refractivity contribution is 0.110. The van der Waals surface area contributed by atoms with Gasteiger partial charge in [-0.3, -0.25) is 0 Å². The van der Waals surface area contributed by atoms with Crippen LogP contribution in [0, 0.1) is 11.3 Å². The number of fused-ring (bicyclic) bond motifs is 1. The third-order valence-electron chi connectivity index (χ3n) is 2.70. The molecule has 0 radical (unpaired) electrons. The first-order chi connectivity index (χ1) is 6.81. The Balaban J connectivity index is 2.34. The van der Waals surface area contributed by atoms with Crippen molar-refractivity contribution in [3.63, 3.8) is 0 Å². The van der Waals surface area contributed by atoms with Crippen LogP contribution in [0.1, 0.15) is 29.5 Å². The average Bonchev–Trinajstić information content (AvgIpc) is 2.27. The van der Waals surface area contributed by atoms with E-state index in [-0.39, 0.29) is 5.92 Å². The van der Waals surface area contributed by atoms with Gasteiger partial charge in [0, 0.05) is 0 Å². The van der Waals surface area contributed by atoms with E-state index >= 15 is 0 Å². The van der Waals surface area contributed by atoms with Crippen molar-refractivity contribution in [1.29, 1.82) is 5.26 Å². The zero-order chi connectivity index (χ0) is 9.97. The summed E-state index contributed by atoms with van der Waals surface area (Å²) in [6.45, 7) is 3.45. The summed E-state index contributed by atoms with van der Waals surface area (Å²) >= 11 is 0. The molecule has 1 heterocycles. The molecule has 0 aliphatic carbocycles. The number of benzene rings is 1. The Morgan fingerprint density at radius 2 is 2.29 bits per heavy atom.